The normalized spacial score (nSPS) is 18.8. The van der Waals surface area contributed by atoms with Crippen molar-refractivity contribution < 1.29 is 13.6 Å². The molecule has 0 radical (unpaired) electrons. The third kappa shape index (κ3) is 3.44. The fourth-order valence-corrected chi connectivity index (χ4v) is 3.57. The third-order valence-corrected chi connectivity index (χ3v) is 5.06. The maximum absolute atomic E-state index is 13.0. The Balaban J connectivity index is 1.40. The van der Waals surface area contributed by atoms with Crippen LogP contribution in [0, 0.1) is 17.6 Å². The van der Waals surface area contributed by atoms with E-state index in [1.165, 1.54) is 35.6 Å². The highest BCUT2D eigenvalue weighted by Gasteiger charge is 2.44. The second-order valence-electron chi connectivity index (χ2n) is 6.03. The topological polar surface area (TPSA) is 42.0 Å². The van der Waals surface area contributed by atoms with Gasteiger partial charge in [-0.3, -0.25) is 4.79 Å². The average molecular weight is 356 g/mol. The number of benzene rings is 2. The molecular weight excluding hydrogens is 342 g/mol. The van der Waals surface area contributed by atoms with Gasteiger partial charge in [0.05, 0.1) is 5.69 Å². The molecule has 1 aromatic heterocycles. The molecule has 0 saturated heterocycles. The van der Waals surface area contributed by atoms with E-state index in [1.54, 1.807) is 24.3 Å². The number of nitrogens with one attached hydrogen (secondary N) is 1. The molecule has 1 fully saturated rings. The lowest BCUT2D eigenvalue weighted by Crippen LogP contribution is -2.14. The fraction of sp³-hybridized carbons (Fsp3) is 0.158. The van der Waals surface area contributed by atoms with E-state index in [0.29, 0.717) is 10.8 Å². The monoisotopic (exact) mass is 356 g/mol. The van der Waals surface area contributed by atoms with Crippen molar-refractivity contribution in [3.05, 3.63) is 71.1 Å². The van der Waals surface area contributed by atoms with Gasteiger partial charge in [0.1, 0.15) is 11.6 Å². The summed E-state index contributed by atoms with van der Waals surface area (Å²) < 4.78 is 25.9. The zero-order valence-electron chi connectivity index (χ0n) is 13.1. The molecule has 1 amide bonds. The number of carbonyl (C=O) groups excluding carboxylic acids is 1. The quantitative estimate of drug-likeness (QED) is 0.727. The summed E-state index contributed by atoms with van der Waals surface area (Å²) in [7, 11) is 0. The van der Waals surface area contributed by atoms with Crippen molar-refractivity contribution >= 4 is 22.4 Å². The van der Waals surface area contributed by atoms with Gasteiger partial charge < -0.3 is 5.32 Å². The Morgan fingerprint density at radius 3 is 2.36 bits per heavy atom. The molecule has 1 aliphatic carbocycles. The van der Waals surface area contributed by atoms with Gasteiger partial charge in [0.15, 0.2) is 5.13 Å². The molecule has 1 aliphatic rings. The van der Waals surface area contributed by atoms with Crippen LogP contribution in [0.5, 0.6) is 0 Å². The molecule has 1 heterocycles. The summed E-state index contributed by atoms with van der Waals surface area (Å²) in [5.41, 5.74) is 2.48. The number of hydrogen-bond donors (Lipinski definition) is 1. The number of halogens is 2. The van der Waals surface area contributed by atoms with Gasteiger partial charge in [-0.25, -0.2) is 13.8 Å². The van der Waals surface area contributed by atoms with Gasteiger partial charge in [0.25, 0.3) is 0 Å². The van der Waals surface area contributed by atoms with Crippen LogP contribution in [0.1, 0.15) is 17.9 Å². The highest BCUT2D eigenvalue weighted by atomic mass is 32.1. The van der Waals surface area contributed by atoms with Gasteiger partial charge in [0, 0.05) is 16.9 Å². The molecule has 2 aromatic carbocycles. The molecule has 0 unspecified atom stereocenters. The van der Waals surface area contributed by atoms with Gasteiger partial charge in [-0.15, -0.1) is 11.3 Å². The minimum Gasteiger partial charge on any atom is -0.302 e. The Morgan fingerprint density at radius 1 is 1.04 bits per heavy atom. The van der Waals surface area contributed by atoms with Crippen molar-refractivity contribution in [3.8, 4) is 11.3 Å². The lowest BCUT2D eigenvalue weighted by molar-refractivity contribution is -0.117. The standard InChI is InChI=1S/C19H14F2N2OS/c20-13-5-1-11(2-6-13)15-9-16(15)18(24)23-19-22-17(10-25-19)12-3-7-14(21)8-4-12/h1-8,10,15-16H,9H2,(H,22,23,24)/t15-,16-/m1/s1. The van der Waals surface area contributed by atoms with Gasteiger partial charge in [-0.2, -0.15) is 0 Å². The molecule has 3 aromatic rings. The smallest absolute Gasteiger partial charge is 0.229 e. The van der Waals surface area contributed by atoms with Crippen LogP contribution in [-0.2, 0) is 4.79 Å². The predicted molar refractivity (Wildman–Crippen MR) is 93.4 cm³/mol. The van der Waals surface area contributed by atoms with E-state index < -0.39 is 0 Å². The Labute approximate surface area is 147 Å². The minimum absolute atomic E-state index is 0.0747. The van der Waals surface area contributed by atoms with Crippen LogP contribution >= 0.6 is 11.3 Å². The number of hydrogen-bond acceptors (Lipinski definition) is 3. The first kappa shape index (κ1) is 15.9. The van der Waals surface area contributed by atoms with Crippen LogP contribution in [-0.4, -0.2) is 10.9 Å². The van der Waals surface area contributed by atoms with Crippen LogP contribution in [0.3, 0.4) is 0 Å². The van der Waals surface area contributed by atoms with Crippen LogP contribution < -0.4 is 5.32 Å². The first-order valence-electron chi connectivity index (χ1n) is 7.88. The molecule has 1 saturated carbocycles. The third-order valence-electron chi connectivity index (χ3n) is 4.30. The highest BCUT2D eigenvalue weighted by molar-refractivity contribution is 7.14. The first-order chi connectivity index (χ1) is 12.1. The van der Waals surface area contributed by atoms with E-state index >= 15 is 0 Å². The fourth-order valence-electron chi connectivity index (χ4n) is 2.85. The number of aromatic nitrogens is 1. The molecular formula is C19H14F2N2OS. The number of amides is 1. The van der Waals surface area contributed by atoms with Crippen LogP contribution in [0.4, 0.5) is 13.9 Å². The molecule has 4 rings (SSSR count). The molecule has 126 valence electrons. The van der Waals surface area contributed by atoms with E-state index in [-0.39, 0.29) is 29.4 Å². The second kappa shape index (κ2) is 6.37. The Bertz CT molecular complexity index is 906. The summed E-state index contributed by atoms with van der Waals surface area (Å²) in [6, 6.07) is 12.3. The van der Waals surface area contributed by atoms with Gasteiger partial charge >= 0.3 is 0 Å². The largest absolute Gasteiger partial charge is 0.302 e. The van der Waals surface area contributed by atoms with Crippen LogP contribution in [0.25, 0.3) is 11.3 Å². The van der Waals surface area contributed by atoms with Gasteiger partial charge in [-0.1, -0.05) is 12.1 Å². The molecule has 2 atom stereocenters. The number of rotatable bonds is 4. The first-order valence-corrected chi connectivity index (χ1v) is 8.76. The zero-order valence-corrected chi connectivity index (χ0v) is 13.9. The average Bonchev–Trinajstić information content (AvgIpc) is 3.28. The molecule has 0 bridgehead atoms. The lowest BCUT2D eigenvalue weighted by Gasteiger charge is -2.02. The highest BCUT2D eigenvalue weighted by Crippen LogP contribution is 2.48. The SMILES string of the molecule is O=C(Nc1nc(-c2ccc(F)cc2)cs1)[C@@H]1C[C@@H]1c1ccc(F)cc1. The van der Waals surface area contributed by atoms with E-state index in [1.807, 2.05) is 5.38 Å². The zero-order chi connectivity index (χ0) is 17.4. The van der Waals surface area contributed by atoms with Crippen molar-refractivity contribution in [2.75, 3.05) is 5.32 Å². The summed E-state index contributed by atoms with van der Waals surface area (Å²) in [6.07, 6.45) is 0.758. The van der Waals surface area contributed by atoms with Crippen molar-refractivity contribution in [2.45, 2.75) is 12.3 Å². The number of thiazole rings is 1. The number of carbonyl (C=O) groups is 1. The second-order valence-corrected chi connectivity index (χ2v) is 6.89. The van der Waals surface area contributed by atoms with E-state index in [2.05, 4.69) is 10.3 Å². The molecule has 0 spiro atoms. The summed E-state index contributed by atoms with van der Waals surface area (Å²) in [4.78, 5) is 16.7. The number of anilines is 1. The van der Waals surface area contributed by atoms with Gasteiger partial charge in [-0.05, 0) is 54.3 Å². The summed E-state index contributed by atoms with van der Waals surface area (Å²) in [5, 5.41) is 5.19. The maximum atomic E-state index is 13.0. The van der Waals surface area contributed by atoms with Crippen molar-refractivity contribution in [1.82, 2.24) is 4.98 Å². The predicted octanol–water partition coefficient (Wildman–Crippen LogP) is 4.83. The van der Waals surface area contributed by atoms with Crippen LogP contribution in [0.2, 0.25) is 0 Å². The van der Waals surface area contributed by atoms with Crippen molar-refractivity contribution in [1.29, 1.82) is 0 Å². The molecule has 25 heavy (non-hydrogen) atoms. The summed E-state index contributed by atoms with van der Waals surface area (Å²) in [6.45, 7) is 0. The molecule has 6 heteroatoms. The Kier molecular flexibility index (Phi) is 4.05. The number of nitrogens with zero attached hydrogens (tertiary/aromatic N) is 1. The Hall–Kier alpha value is -2.60. The van der Waals surface area contributed by atoms with Gasteiger partial charge in [0.2, 0.25) is 5.91 Å². The van der Waals surface area contributed by atoms with E-state index in [9.17, 15) is 13.6 Å². The maximum Gasteiger partial charge on any atom is 0.229 e. The Morgan fingerprint density at radius 2 is 1.68 bits per heavy atom. The summed E-state index contributed by atoms with van der Waals surface area (Å²) >= 11 is 1.33. The minimum atomic E-state index is -0.298. The van der Waals surface area contributed by atoms with E-state index in [0.717, 1.165) is 17.5 Å². The van der Waals surface area contributed by atoms with Crippen molar-refractivity contribution in [3.63, 3.8) is 0 Å². The van der Waals surface area contributed by atoms with E-state index in [4.69, 9.17) is 0 Å². The summed E-state index contributed by atoms with van der Waals surface area (Å²) in [5.74, 6) is -0.621. The lowest BCUT2D eigenvalue weighted by atomic mass is 10.1. The van der Waals surface area contributed by atoms with Crippen molar-refractivity contribution in [2.24, 2.45) is 5.92 Å². The molecule has 1 N–H and O–H groups in total. The van der Waals surface area contributed by atoms with Crippen LogP contribution in [0.15, 0.2) is 53.9 Å². The molecule has 0 aliphatic heterocycles. The molecule has 3 nitrogen and oxygen atoms in total.